The fourth-order valence-electron chi connectivity index (χ4n) is 2.37. The first-order chi connectivity index (χ1) is 9.34. The molecule has 0 saturated heterocycles. The zero-order valence-electron chi connectivity index (χ0n) is 12.9. The molecule has 0 amide bonds. The van der Waals surface area contributed by atoms with Gasteiger partial charge in [-0.2, -0.15) is 0 Å². The van der Waals surface area contributed by atoms with Crippen LogP contribution in [0.5, 0.6) is 5.75 Å². The van der Waals surface area contributed by atoms with Crippen LogP contribution in [0.4, 0.5) is 0 Å². The largest absolute Gasteiger partial charge is 0.497 e. The molecular weight excluding hydrogens is 254 g/mol. The molecule has 0 aliphatic heterocycles. The number of ether oxygens (including phenoxy) is 1. The quantitative estimate of drug-likeness (QED) is 0.683. The summed E-state index contributed by atoms with van der Waals surface area (Å²) in [4.78, 5) is 0. The predicted molar refractivity (Wildman–Crippen MR) is 80.9 cm³/mol. The van der Waals surface area contributed by atoms with Gasteiger partial charge in [-0.3, -0.25) is 0 Å². The molecule has 2 atom stereocenters. The van der Waals surface area contributed by atoms with Gasteiger partial charge < -0.3 is 20.3 Å². The van der Waals surface area contributed by atoms with E-state index in [0.29, 0.717) is 19.0 Å². The third-order valence-electron chi connectivity index (χ3n) is 3.19. The summed E-state index contributed by atoms with van der Waals surface area (Å²) in [5.41, 5.74) is 0.0927. The Morgan fingerprint density at radius 1 is 1.25 bits per heavy atom. The number of benzene rings is 1. The van der Waals surface area contributed by atoms with Crippen molar-refractivity contribution in [3.05, 3.63) is 29.8 Å². The van der Waals surface area contributed by atoms with E-state index in [4.69, 9.17) is 4.74 Å². The van der Waals surface area contributed by atoms with Gasteiger partial charge in [-0.05, 0) is 37.0 Å². The maximum atomic E-state index is 10.2. The van der Waals surface area contributed by atoms with E-state index >= 15 is 0 Å². The molecule has 0 radical (unpaired) electrons. The van der Waals surface area contributed by atoms with Crippen LogP contribution in [0.25, 0.3) is 0 Å². The highest BCUT2D eigenvalue weighted by atomic mass is 16.5. The molecule has 0 bridgehead atoms. The van der Waals surface area contributed by atoms with Crippen LogP contribution in [0.15, 0.2) is 24.3 Å². The van der Waals surface area contributed by atoms with Crippen molar-refractivity contribution in [2.24, 2.45) is 5.92 Å². The van der Waals surface area contributed by atoms with Gasteiger partial charge in [0.05, 0.1) is 18.8 Å². The maximum Gasteiger partial charge on any atom is 0.118 e. The topological polar surface area (TPSA) is 61.7 Å². The van der Waals surface area contributed by atoms with Crippen LogP contribution >= 0.6 is 0 Å². The second kappa shape index (κ2) is 7.62. The van der Waals surface area contributed by atoms with E-state index in [0.717, 1.165) is 17.7 Å². The third kappa shape index (κ3) is 5.90. The van der Waals surface area contributed by atoms with Crippen LogP contribution in [0, 0.1) is 5.92 Å². The Bertz CT molecular complexity index is 387. The highest BCUT2D eigenvalue weighted by Gasteiger charge is 2.21. The molecule has 114 valence electrons. The third-order valence-corrected chi connectivity index (χ3v) is 3.19. The first-order valence-electron chi connectivity index (χ1n) is 7.09. The fraction of sp³-hybridized carbons (Fsp3) is 0.625. The van der Waals surface area contributed by atoms with Crippen molar-refractivity contribution < 1.29 is 14.9 Å². The number of methoxy groups -OCH3 is 1. The van der Waals surface area contributed by atoms with Crippen LogP contribution in [0.1, 0.15) is 38.9 Å². The molecule has 20 heavy (non-hydrogen) atoms. The van der Waals surface area contributed by atoms with Gasteiger partial charge in [-0.1, -0.05) is 26.0 Å². The Morgan fingerprint density at radius 2 is 1.85 bits per heavy atom. The molecule has 0 heterocycles. The highest BCUT2D eigenvalue weighted by Crippen LogP contribution is 2.18. The van der Waals surface area contributed by atoms with E-state index in [-0.39, 0.29) is 0 Å². The average molecular weight is 281 g/mol. The van der Waals surface area contributed by atoms with Gasteiger partial charge in [0.2, 0.25) is 0 Å². The molecule has 0 fully saturated rings. The molecule has 0 saturated carbocycles. The SMILES string of the molecule is COc1ccc(C(O)CNCC(C)(O)CC(C)C)cc1. The van der Waals surface area contributed by atoms with Crippen LogP contribution in [0.3, 0.4) is 0 Å². The highest BCUT2D eigenvalue weighted by molar-refractivity contribution is 5.28. The maximum absolute atomic E-state index is 10.2. The van der Waals surface area contributed by atoms with Gasteiger partial charge in [0, 0.05) is 13.1 Å². The summed E-state index contributed by atoms with van der Waals surface area (Å²) >= 11 is 0. The molecular formula is C16H27NO3. The number of aliphatic hydroxyl groups is 2. The Balaban J connectivity index is 2.40. The number of hydrogen-bond acceptors (Lipinski definition) is 4. The second-order valence-corrected chi connectivity index (χ2v) is 6.01. The molecule has 1 rings (SSSR count). The van der Waals surface area contributed by atoms with Crippen LogP contribution in [0.2, 0.25) is 0 Å². The zero-order valence-corrected chi connectivity index (χ0v) is 12.9. The standard InChI is InChI=1S/C16H27NO3/c1-12(2)9-16(3,19)11-17-10-15(18)13-5-7-14(20-4)8-6-13/h5-8,12,15,17-19H,9-11H2,1-4H3. The Labute approximate surface area is 121 Å². The summed E-state index contributed by atoms with van der Waals surface area (Å²) in [7, 11) is 1.61. The zero-order chi connectivity index (χ0) is 15.2. The van der Waals surface area contributed by atoms with Gasteiger partial charge in [-0.25, -0.2) is 0 Å². The molecule has 1 aromatic rings. The minimum atomic E-state index is -0.742. The lowest BCUT2D eigenvalue weighted by Gasteiger charge is -2.26. The molecule has 4 nitrogen and oxygen atoms in total. The summed E-state index contributed by atoms with van der Waals surface area (Å²) in [6.07, 6.45) is 0.147. The molecule has 2 unspecified atom stereocenters. The lowest BCUT2D eigenvalue weighted by atomic mass is 9.94. The lowest BCUT2D eigenvalue weighted by Crippen LogP contribution is -2.40. The van der Waals surface area contributed by atoms with Crippen molar-refractivity contribution in [2.45, 2.75) is 38.9 Å². The van der Waals surface area contributed by atoms with E-state index in [1.54, 1.807) is 7.11 Å². The summed E-state index contributed by atoms with van der Waals surface area (Å²) in [5, 5.41) is 23.4. The number of hydrogen-bond donors (Lipinski definition) is 3. The lowest BCUT2D eigenvalue weighted by molar-refractivity contribution is 0.0352. The molecule has 0 aromatic heterocycles. The van der Waals surface area contributed by atoms with Gasteiger partial charge in [0.25, 0.3) is 0 Å². The smallest absolute Gasteiger partial charge is 0.118 e. The monoisotopic (exact) mass is 281 g/mol. The fourth-order valence-corrected chi connectivity index (χ4v) is 2.37. The summed E-state index contributed by atoms with van der Waals surface area (Å²) in [6.45, 7) is 6.88. The van der Waals surface area contributed by atoms with Crippen molar-refractivity contribution in [3.8, 4) is 5.75 Å². The number of nitrogens with one attached hydrogen (secondary N) is 1. The summed E-state index contributed by atoms with van der Waals surface area (Å²) in [5.74, 6) is 1.21. The van der Waals surface area contributed by atoms with E-state index in [1.807, 2.05) is 31.2 Å². The van der Waals surface area contributed by atoms with Crippen molar-refractivity contribution in [2.75, 3.05) is 20.2 Å². The Morgan fingerprint density at radius 3 is 2.35 bits per heavy atom. The first-order valence-corrected chi connectivity index (χ1v) is 7.09. The van der Waals surface area contributed by atoms with Crippen molar-refractivity contribution >= 4 is 0 Å². The van der Waals surface area contributed by atoms with E-state index < -0.39 is 11.7 Å². The average Bonchev–Trinajstić information content (AvgIpc) is 2.37. The van der Waals surface area contributed by atoms with Crippen molar-refractivity contribution in [3.63, 3.8) is 0 Å². The number of rotatable bonds is 8. The van der Waals surface area contributed by atoms with E-state index in [9.17, 15) is 10.2 Å². The summed E-state index contributed by atoms with van der Waals surface area (Å²) in [6, 6.07) is 7.34. The number of aliphatic hydroxyl groups excluding tert-OH is 1. The van der Waals surface area contributed by atoms with Gasteiger partial charge in [0.15, 0.2) is 0 Å². The van der Waals surface area contributed by atoms with Gasteiger partial charge >= 0.3 is 0 Å². The molecule has 0 aliphatic rings. The molecule has 0 spiro atoms. The second-order valence-electron chi connectivity index (χ2n) is 6.01. The molecule has 3 N–H and O–H groups in total. The van der Waals surface area contributed by atoms with Gasteiger partial charge in [-0.15, -0.1) is 0 Å². The Hall–Kier alpha value is -1.10. The molecule has 1 aromatic carbocycles. The minimum absolute atomic E-state index is 0.417. The van der Waals surface area contributed by atoms with Crippen LogP contribution in [-0.2, 0) is 0 Å². The predicted octanol–water partition coefficient (Wildman–Crippen LogP) is 2.12. The van der Waals surface area contributed by atoms with Crippen LogP contribution in [-0.4, -0.2) is 36.0 Å². The van der Waals surface area contributed by atoms with Gasteiger partial charge in [0.1, 0.15) is 5.75 Å². The molecule has 4 heteroatoms. The van der Waals surface area contributed by atoms with Crippen molar-refractivity contribution in [1.29, 1.82) is 0 Å². The van der Waals surface area contributed by atoms with E-state index in [2.05, 4.69) is 19.2 Å². The first kappa shape index (κ1) is 17.0. The Kier molecular flexibility index (Phi) is 6.46. The summed E-state index contributed by atoms with van der Waals surface area (Å²) < 4.78 is 5.08. The van der Waals surface area contributed by atoms with E-state index in [1.165, 1.54) is 0 Å². The van der Waals surface area contributed by atoms with Crippen LogP contribution < -0.4 is 10.1 Å². The normalized spacial score (nSPS) is 15.9. The minimum Gasteiger partial charge on any atom is -0.497 e. The molecule has 0 aliphatic carbocycles. The van der Waals surface area contributed by atoms with Crippen molar-refractivity contribution in [1.82, 2.24) is 5.32 Å².